The van der Waals surface area contributed by atoms with Crippen LogP contribution in [0.2, 0.25) is 5.02 Å². The molecule has 0 saturated carbocycles. The van der Waals surface area contributed by atoms with Crippen molar-refractivity contribution in [3.8, 4) is 0 Å². The molecule has 1 amide bonds. The molecular weight excluding hydrogens is 455 g/mol. The number of Topliss-reactive ketones (excluding diaryl/α,β-unsaturated/α-hetero) is 1. The van der Waals surface area contributed by atoms with Crippen molar-refractivity contribution in [2.45, 2.75) is 12.5 Å². The van der Waals surface area contributed by atoms with Crippen molar-refractivity contribution in [1.29, 1.82) is 0 Å². The topological polar surface area (TPSA) is 73.4 Å². The molecule has 5 rings (SSSR count). The average molecular weight is 475 g/mol. The maximum absolute atomic E-state index is 13.4. The van der Waals surface area contributed by atoms with Crippen molar-refractivity contribution < 1.29 is 19.1 Å². The van der Waals surface area contributed by atoms with Crippen LogP contribution in [0.1, 0.15) is 22.7 Å². The Morgan fingerprint density at radius 3 is 2.44 bits per heavy atom. The Morgan fingerprint density at radius 1 is 1.00 bits per heavy atom. The van der Waals surface area contributed by atoms with Crippen LogP contribution in [0.3, 0.4) is 0 Å². The molecule has 7 heteroatoms. The molecule has 4 aromatic rings. The number of aromatic nitrogens is 1. The highest BCUT2D eigenvalue weighted by atomic mass is 35.5. The van der Waals surface area contributed by atoms with E-state index in [1.807, 2.05) is 30.5 Å². The molecule has 0 bridgehead atoms. The number of para-hydroxylation sites is 1. The van der Waals surface area contributed by atoms with Gasteiger partial charge in [-0.05, 0) is 60.0 Å². The highest BCUT2D eigenvalue weighted by molar-refractivity contribution is 6.46. The third-order valence-corrected chi connectivity index (χ3v) is 6.39. The molecule has 0 radical (unpaired) electrons. The van der Waals surface area contributed by atoms with Crippen LogP contribution >= 0.6 is 11.6 Å². The van der Waals surface area contributed by atoms with Gasteiger partial charge in [0.25, 0.3) is 11.7 Å². The van der Waals surface area contributed by atoms with Gasteiger partial charge in [-0.2, -0.15) is 0 Å². The van der Waals surface area contributed by atoms with Crippen molar-refractivity contribution in [2.75, 3.05) is 6.54 Å². The molecule has 0 aliphatic carbocycles. The van der Waals surface area contributed by atoms with Gasteiger partial charge < -0.3 is 15.0 Å². The van der Waals surface area contributed by atoms with Crippen molar-refractivity contribution in [3.05, 3.63) is 112 Å². The summed E-state index contributed by atoms with van der Waals surface area (Å²) in [5, 5.41) is 12.6. The third-order valence-electron chi connectivity index (χ3n) is 6.14. The van der Waals surface area contributed by atoms with Gasteiger partial charge in [-0.1, -0.05) is 41.9 Å². The summed E-state index contributed by atoms with van der Waals surface area (Å²) >= 11 is 6.06. The first kappa shape index (κ1) is 21.9. The maximum Gasteiger partial charge on any atom is 0.295 e. The number of aromatic amines is 1. The molecule has 1 aliphatic rings. The second kappa shape index (κ2) is 8.80. The smallest absolute Gasteiger partial charge is 0.295 e. The standard InChI is InChI=1S/C27H20ClFN2O3/c28-19-9-5-16(6-10-19)24-23(25(32)17-7-11-20(29)12-8-17)26(33)27(34)31(24)14-13-18-15-30-22-4-2-1-3-21(18)22/h1-12,15,24,30,32H,13-14H2/b25-23-. The minimum Gasteiger partial charge on any atom is -0.507 e. The number of carbonyl (C=O) groups excluding carboxylic acids is 2. The highest BCUT2D eigenvalue weighted by Gasteiger charge is 2.45. The summed E-state index contributed by atoms with van der Waals surface area (Å²) in [6.07, 6.45) is 2.41. The zero-order chi connectivity index (χ0) is 23.8. The Bertz CT molecular complexity index is 1420. The van der Waals surface area contributed by atoms with Gasteiger partial charge >= 0.3 is 0 Å². The number of aliphatic hydroxyl groups is 1. The number of hydrogen-bond acceptors (Lipinski definition) is 3. The number of nitrogens with zero attached hydrogens (tertiary/aromatic N) is 1. The Kier molecular flexibility index (Phi) is 5.67. The maximum atomic E-state index is 13.4. The number of H-pyrrole nitrogens is 1. The molecule has 3 aromatic carbocycles. The van der Waals surface area contributed by atoms with Gasteiger partial charge in [0, 0.05) is 34.2 Å². The lowest BCUT2D eigenvalue weighted by atomic mass is 9.95. The van der Waals surface area contributed by atoms with Crippen LogP contribution in [-0.2, 0) is 16.0 Å². The Labute approximate surface area is 200 Å². The first-order chi connectivity index (χ1) is 16.4. The third kappa shape index (κ3) is 3.86. The van der Waals surface area contributed by atoms with Gasteiger partial charge in [0.15, 0.2) is 0 Å². The van der Waals surface area contributed by atoms with Gasteiger partial charge in [0.1, 0.15) is 11.6 Å². The van der Waals surface area contributed by atoms with Gasteiger partial charge in [-0.15, -0.1) is 0 Å². The van der Waals surface area contributed by atoms with Gasteiger partial charge in [-0.3, -0.25) is 9.59 Å². The number of carbonyl (C=O) groups is 2. The molecule has 1 fully saturated rings. The van der Waals surface area contributed by atoms with Crippen LogP contribution in [-0.4, -0.2) is 33.2 Å². The van der Waals surface area contributed by atoms with E-state index >= 15 is 0 Å². The zero-order valence-corrected chi connectivity index (χ0v) is 18.7. The van der Waals surface area contributed by atoms with E-state index in [9.17, 15) is 19.1 Å². The summed E-state index contributed by atoms with van der Waals surface area (Å²) in [5.74, 6) is -2.28. The number of fused-ring (bicyclic) bond motifs is 1. The molecule has 34 heavy (non-hydrogen) atoms. The van der Waals surface area contributed by atoms with Crippen LogP contribution in [0.5, 0.6) is 0 Å². The summed E-state index contributed by atoms with van der Waals surface area (Å²) in [6.45, 7) is 0.264. The van der Waals surface area contributed by atoms with E-state index < -0.39 is 23.5 Å². The first-order valence-corrected chi connectivity index (χ1v) is 11.2. The first-order valence-electron chi connectivity index (χ1n) is 10.8. The summed E-state index contributed by atoms with van der Waals surface area (Å²) in [4.78, 5) is 30.9. The molecule has 170 valence electrons. The second-order valence-electron chi connectivity index (χ2n) is 8.16. The van der Waals surface area contributed by atoms with Gasteiger partial charge in [0.2, 0.25) is 0 Å². The fraction of sp³-hybridized carbons (Fsp3) is 0.111. The largest absolute Gasteiger partial charge is 0.507 e. The molecule has 2 heterocycles. The summed E-state index contributed by atoms with van der Waals surface area (Å²) in [5.41, 5.74) is 2.88. The number of aliphatic hydroxyl groups excluding tert-OH is 1. The quantitative estimate of drug-likeness (QED) is 0.224. The summed E-state index contributed by atoms with van der Waals surface area (Å²) < 4.78 is 13.4. The van der Waals surface area contributed by atoms with Crippen molar-refractivity contribution in [3.63, 3.8) is 0 Å². The molecule has 1 atom stereocenters. The van der Waals surface area contributed by atoms with Crippen LogP contribution < -0.4 is 0 Å². The van der Waals surface area contributed by atoms with Gasteiger partial charge in [-0.25, -0.2) is 4.39 Å². The molecule has 2 N–H and O–H groups in total. The lowest BCUT2D eigenvalue weighted by Gasteiger charge is -2.25. The van der Waals surface area contributed by atoms with Gasteiger partial charge in [0.05, 0.1) is 11.6 Å². The SMILES string of the molecule is O=C1C(=O)N(CCc2c[nH]c3ccccc23)C(c2ccc(Cl)cc2)/C1=C(/O)c1ccc(F)cc1. The van der Waals surface area contributed by atoms with E-state index in [1.165, 1.54) is 29.2 Å². The van der Waals surface area contributed by atoms with Crippen LogP contribution in [0.15, 0.2) is 84.6 Å². The van der Waals surface area contributed by atoms with E-state index in [2.05, 4.69) is 4.98 Å². The van der Waals surface area contributed by atoms with Crippen molar-refractivity contribution in [1.82, 2.24) is 9.88 Å². The zero-order valence-electron chi connectivity index (χ0n) is 18.0. The average Bonchev–Trinajstić information content (AvgIpc) is 3.37. The number of benzene rings is 3. The fourth-order valence-corrected chi connectivity index (χ4v) is 4.57. The number of likely N-dealkylation sites (tertiary alicyclic amines) is 1. The summed E-state index contributed by atoms with van der Waals surface area (Å²) in [7, 11) is 0. The molecular formula is C27H20ClFN2O3. The van der Waals surface area contributed by atoms with Crippen molar-refractivity contribution in [2.24, 2.45) is 0 Å². The van der Waals surface area contributed by atoms with E-state index in [0.29, 0.717) is 17.0 Å². The predicted octanol–water partition coefficient (Wildman–Crippen LogP) is 5.62. The predicted molar refractivity (Wildman–Crippen MR) is 129 cm³/mol. The number of amides is 1. The fourth-order valence-electron chi connectivity index (χ4n) is 4.44. The molecule has 1 unspecified atom stereocenters. The number of hydrogen-bond donors (Lipinski definition) is 2. The summed E-state index contributed by atoms with van der Waals surface area (Å²) in [6, 6.07) is 19.0. The number of rotatable bonds is 5. The minimum atomic E-state index is -0.799. The van der Waals surface area contributed by atoms with E-state index in [0.717, 1.165) is 16.5 Å². The molecule has 1 aromatic heterocycles. The van der Waals surface area contributed by atoms with Crippen molar-refractivity contribution >= 4 is 40.0 Å². The Morgan fingerprint density at radius 2 is 1.71 bits per heavy atom. The monoisotopic (exact) mass is 474 g/mol. The van der Waals surface area contributed by atoms with E-state index in [-0.39, 0.29) is 23.4 Å². The number of halogens is 2. The van der Waals surface area contributed by atoms with Crippen LogP contribution in [0.4, 0.5) is 4.39 Å². The lowest BCUT2D eigenvalue weighted by Crippen LogP contribution is -2.31. The van der Waals surface area contributed by atoms with E-state index in [1.54, 1.807) is 24.3 Å². The van der Waals surface area contributed by atoms with Crippen LogP contribution in [0, 0.1) is 5.82 Å². The minimum absolute atomic E-state index is 0.0298. The normalized spacial score (nSPS) is 17.6. The Balaban J connectivity index is 1.56. The highest BCUT2D eigenvalue weighted by Crippen LogP contribution is 2.40. The van der Waals surface area contributed by atoms with Crippen LogP contribution in [0.25, 0.3) is 16.7 Å². The Hall–Kier alpha value is -3.90. The molecule has 5 nitrogen and oxygen atoms in total. The molecule has 1 saturated heterocycles. The number of ketones is 1. The molecule has 1 aliphatic heterocycles. The number of nitrogens with one attached hydrogen (secondary N) is 1. The van der Waals surface area contributed by atoms with E-state index in [4.69, 9.17) is 11.6 Å². The molecule has 0 spiro atoms. The lowest BCUT2D eigenvalue weighted by molar-refractivity contribution is -0.139. The second-order valence-corrected chi connectivity index (χ2v) is 8.60.